The average Bonchev–Trinajstić information content (AvgIpc) is 2.90. The lowest BCUT2D eigenvalue weighted by Crippen LogP contribution is -2.26. The van der Waals surface area contributed by atoms with Gasteiger partial charge in [0, 0.05) is 10.0 Å². The van der Waals surface area contributed by atoms with Crippen molar-refractivity contribution in [2.75, 3.05) is 6.54 Å². The molecule has 0 amide bonds. The van der Waals surface area contributed by atoms with Crippen LogP contribution in [0.4, 0.5) is 0 Å². The molecule has 1 aromatic carbocycles. The van der Waals surface area contributed by atoms with Crippen LogP contribution in [0.25, 0.3) is 11.4 Å². The molecule has 2 aromatic rings. The van der Waals surface area contributed by atoms with Gasteiger partial charge >= 0.3 is 0 Å². The van der Waals surface area contributed by atoms with Gasteiger partial charge in [-0.15, -0.1) is 0 Å². The van der Waals surface area contributed by atoms with Gasteiger partial charge in [-0.3, -0.25) is 0 Å². The molecule has 1 aliphatic rings. The number of hydrogen-bond acceptors (Lipinski definition) is 4. The minimum absolute atomic E-state index is 0.211. The van der Waals surface area contributed by atoms with Crippen LogP contribution in [0, 0.1) is 0 Å². The smallest absolute Gasteiger partial charge is 0.244 e. The highest BCUT2D eigenvalue weighted by atomic mass is 79.9. The molecule has 0 saturated carbocycles. The molecule has 1 N–H and O–H groups in total. The number of rotatable bonds is 2. The second-order valence-electron chi connectivity index (χ2n) is 4.44. The fraction of sp³-hybridized carbons (Fsp3) is 0.385. The van der Waals surface area contributed by atoms with Crippen LogP contribution in [-0.2, 0) is 0 Å². The number of aromatic nitrogens is 2. The summed E-state index contributed by atoms with van der Waals surface area (Å²) in [6.07, 6.45) is 3.50. The standard InChI is InChI=1S/C13H14BrN3O/c14-10-6-2-1-5-9(10)12-16-13(18-17-12)11-7-3-4-8-15-11/h1-2,5-6,11,15H,3-4,7-8H2/t11-/m0/s1. The van der Waals surface area contributed by atoms with Crippen molar-refractivity contribution in [3.05, 3.63) is 34.6 Å². The Bertz CT molecular complexity index is 535. The Balaban J connectivity index is 1.87. The van der Waals surface area contributed by atoms with Crippen molar-refractivity contribution in [1.29, 1.82) is 0 Å². The van der Waals surface area contributed by atoms with Gasteiger partial charge in [0.1, 0.15) is 0 Å². The van der Waals surface area contributed by atoms with Gasteiger partial charge in [0.15, 0.2) is 0 Å². The van der Waals surface area contributed by atoms with Gasteiger partial charge in [-0.25, -0.2) is 0 Å². The van der Waals surface area contributed by atoms with Crippen LogP contribution in [0.1, 0.15) is 31.2 Å². The van der Waals surface area contributed by atoms with Crippen LogP contribution in [0.2, 0.25) is 0 Å². The molecular weight excluding hydrogens is 294 g/mol. The third kappa shape index (κ3) is 2.33. The Morgan fingerprint density at radius 2 is 2.17 bits per heavy atom. The van der Waals surface area contributed by atoms with E-state index in [1.54, 1.807) is 0 Å². The highest BCUT2D eigenvalue weighted by Crippen LogP contribution is 2.28. The SMILES string of the molecule is Brc1ccccc1-c1noc([C@@H]2CCCCN2)n1. The van der Waals surface area contributed by atoms with Gasteiger partial charge in [-0.1, -0.05) is 39.6 Å². The summed E-state index contributed by atoms with van der Waals surface area (Å²) < 4.78 is 6.35. The first-order valence-corrected chi connectivity index (χ1v) is 6.96. The summed E-state index contributed by atoms with van der Waals surface area (Å²) in [5.41, 5.74) is 0.961. The van der Waals surface area contributed by atoms with Crippen molar-refractivity contribution in [3.63, 3.8) is 0 Å². The summed E-state index contributed by atoms with van der Waals surface area (Å²) >= 11 is 3.50. The summed E-state index contributed by atoms with van der Waals surface area (Å²) in [6.45, 7) is 1.03. The highest BCUT2D eigenvalue weighted by Gasteiger charge is 2.21. The summed E-state index contributed by atoms with van der Waals surface area (Å²) in [5.74, 6) is 1.34. The highest BCUT2D eigenvalue weighted by molar-refractivity contribution is 9.10. The zero-order chi connectivity index (χ0) is 12.4. The minimum atomic E-state index is 0.211. The Morgan fingerprint density at radius 1 is 1.28 bits per heavy atom. The van der Waals surface area contributed by atoms with Crippen LogP contribution >= 0.6 is 15.9 Å². The van der Waals surface area contributed by atoms with Crippen LogP contribution in [-0.4, -0.2) is 16.7 Å². The largest absolute Gasteiger partial charge is 0.337 e. The zero-order valence-corrected chi connectivity index (χ0v) is 11.5. The number of nitrogens with zero attached hydrogens (tertiary/aromatic N) is 2. The van der Waals surface area contributed by atoms with Gasteiger partial charge in [0.25, 0.3) is 0 Å². The van der Waals surface area contributed by atoms with E-state index in [1.807, 2.05) is 24.3 Å². The quantitative estimate of drug-likeness (QED) is 0.924. The molecule has 94 valence electrons. The number of benzene rings is 1. The normalized spacial score (nSPS) is 19.9. The maximum Gasteiger partial charge on any atom is 0.244 e. The predicted octanol–water partition coefficient (Wildman–Crippen LogP) is 3.31. The molecular formula is C13H14BrN3O. The Labute approximate surface area is 114 Å². The van der Waals surface area contributed by atoms with Gasteiger partial charge in [-0.05, 0) is 31.5 Å². The number of piperidine rings is 1. The van der Waals surface area contributed by atoms with Crippen molar-refractivity contribution in [1.82, 2.24) is 15.5 Å². The van der Waals surface area contributed by atoms with E-state index in [0.717, 1.165) is 23.0 Å². The summed E-state index contributed by atoms with van der Waals surface area (Å²) in [7, 11) is 0. The fourth-order valence-corrected chi connectivity index (χ4v) is 2.65. The van der Waals surface area contributed by atoms with Gasteiger partial charge in [0.05, 0.1) is 6.04 Å². The van der Waals surface area contributed by atoms with Crippen LogP contribution < -0.4 is 5.32 Å². The maximum atomic E-state index is 5.37. The number of halogens is 1. The lowest BCUT2D eigenvalue weighted by molar-refractivity contribution is 0.297. The van der Waals surface area contributed by atoms with E-state index >= 15 is 0 Å². The topological polar surface area (TPSA) is 51.0 Å². The van der Waals surface area contributed by atoms with Crippen molar-refractivity contribution < 1.29 is 4.52 Å². The molecule has 0 spiro atoms. The zero-order valence-electron chi connectivity index (χ0n) is 9.90. The molecule has 0 bridgehead atoms. The van der Waals surface area contributed by atoms with Crippen molar-refractivity contribution >= 4 is 15.9 Å². The third-order valence-electron chi connectivity index (χ3n) is 3.16. The monoisotopic (exact) mass is 307 g/mol. The molecule has 3 rings (SSSR count). The van der Waals surface area contributed by atoms with E-state index in [2.05, 4.69) is 31.4 Å². The van der Waals surface area contributed by atoms with E-state index in [-0.39, 0.29) is 6.04 Å². The predicted molar refractivity (Wildman–Crippen MR) is 72.0 cm³/mol. The molecule has 5 heteroatoms. The van der Waals surface area contributed by atoms with Gasteiger partial charge in [0.2, 0.25) is 11.7 Å². The van der Waals surface area contributed by atoms with Crippen molar-refractivity contribution in [3.8, 4) is 11.4 Å². The summed E-state index contributed by atoms with van der Waals surface area (Å²) in [6, 6.07) is 8.10. The Morgan fingerprint density at radius 3 is 2.94 bits per heavy atom. The Kier molecular flexibility index (Phi) is 3.43. The summed E-state index contributed by atoms with van der Waals surface area (Å²) in [5, 5.41) is 7.47. The van der Waals surface area contributed by atoms with Crippen molar-refractivity contribution in [2.45, 2.75) is 25.3 Å². The first kappa shape index (κ1) is 11.9. The summed E-state index contributed by atoms with van der Waals surface area (Å²) in [4.78, 5) is 4.49. The first-order valence-electron chi connectivity index (χ1n) is 6.16. The lowest BCUT2D eigenvalue weighted by Gasteiger charge is -2.19. The van der Waals surface area contributed by atoms with Gasteiger partial charge < -0.3 is 9.84 Å². The minimum Gasteiger partial charge on any atom is -0.337 e. The second-order valence-corrected chi connectivity index (χ2v) is 5.29. The number of nitrogens with one attached hydrogen (secondary N) is 1. The molecule has 1 aromatic heterocycles. The molecule has 0 unspecified atom stereocenters. The van der Waals surface area contributed by atoms with Crippen molar-refractivity contribution in [2.24, 2.45) is 0 Å². The van der Waals surface area contributed by atoms with E-state index in [0.29, 0.717) is 11.7 Å². The first-order chi connectivity index (χ1) is 8.84. The van der Waals surface area contributed by atoms with Gasteiger partial charge in [-0.2, -0.15) is 4.98 Å². The van der Waals surface area contributed by atoms with Crippen LogP contribution in [0.5, 0.6) is 0 Å². The molecule has 1 saturated heterocycles. The van der Waals surface area contributed by atoms with E-state index in [1.165, 1.54) is 12.8 Å². The molecule has 2 heterocycles. The number of hydrogen-bond donors (Lipinski definition) is 1. The second kappa shape index (κ2) is 5.20. The van der Waals surface area contributed by atoms with Crippen LogP contribution in [0.3, 0.4) is 0 Å². The molecule has 18 heavy (non-hydrogen) atoms. The van der Waals surface area contributed by atoms with Crippen LogP contribution in [0.15, 0.2) is 33.3 Å². The Hall–Kier alpha value is -1.20. The third-order valence-corrected chi connectivity index (χ3v) is 3.86. The molecule has 4 nitrogen and oxygen atoms in total. The van der Waals surface area contributed by atoms with E-state index in [9.17, 15) is 0 Å². The molecule has 1 fully saturated rings. The van der Waals surface area contributed by atoms with E-state index in [4.69, 9.17) is 4.52 Å². The molecule has 1 aliphatic heterocycles. The molecule has 0 radical (unpaired) electrons. The fourth-order valence-electron chi connectivity index (χ4n) is 2.19. The maximum absolute atomic E-state index is 5.37. The average molecular weight is 308 g/mol. The molecule has 0 aliphatic carbocycles. The lowest BCUT2D eigenvalue weighted by atomic mass is 10.1. The van der Waals surface area contributed by atoms with E-state index < -0.39 is 0 Å². The molecule has 1 atom stereocenters.